The van der Waals surface area contributed by atoms with Crippen LogP contribution in [0.2, 0.25) is 0 Å². The van der Waals surface area contributed by atoms with Crippen molar-refractivity contribution >= 4 is 17.9 Å². The summed E-state index contributed by atoms with van der Waals surface area (Å²) in [5, 5.41) is 14.0. The fraction of sp³-hybridized carbons (Fsp3) is 0.100. The molecule has 0 saturated heterocycles. The quantitative estimate of drug-likeness (QED) is 0.631. The topological polar surface area (TPSA) is 61.4 Å². The zero-order chi connectivity index (χ0) is 9.97. The van der Waals surface area contributed by atoms with Crippen molar-refractivity contribution in [3.63, 3.8) is 0 Å². The normalized spacial score (nSPS) is 13.6. The van der Waals surface area contributed by atoms with Crippen molar-refractivity contribution in [2.24, 2.45) is 0 Å². The highest BCUT2D eigenvalue weighted by molar-refractivity contribution is 5.76. The van der Waals surface area contributed by atoms with E-state index < -0.39 is 6.09 Å². The van der Waals surface area contributed by atoms with Gasteiger partial charge in [-0.15, -0.1) is 0 Å². The molecule has 1 aromatic carbocycles. The Balaban J connectivity index is 2.26. The van der Waals surface area contributed by atoms with Gasteiger partial charge in [-0.25, -0.2) is 4.79 Å². The Morgan fingerprint density at radius 2 is 2.21 bits per heavy atom. The summed E-state index contributed by atoms with van der Waals surface area (Å²) in [4.78, 5) is 10.4. The summed E-state index contributed by atoms with van der Waals surface area (Å²) in [6.07, 6.45) is 0.803. The molecule has 4 nitrogen and oxygen atoms in total. The molecule has 0 unspecified atom stereocenters. The summed E-state index contributed by atoms with van der Waals surface area (Å²) in [6.45, 7) is 0.517. The van der Waals surface area contributed by atoms with Crippen LogP contribution < -0.4 is 10.6 Å². The molecule has 0 fully saturated rings. The third kappa shape index (κ3) is 1.69. The van der Waals surface area contributed by atoms with Crippen molar-refractivity contribution in [2.45, 2.75) is 0 Å². The van der Waals surface area contributed by atoms with Crippen LogP contribution in [-0.2, 0) is 0 Å². The molecule has 1 aliphatic rings. The molecule has 72 valence electrons. The molecule has 1 amide bonds. The number of rotatable bonds is 1. The highest BCUT2D eigenvalue weighted by Gasteiger charge is 2.09. The molecule has 0 aromatic heterocycles. The number of nitrogens with one attached hydrogen (secondary N) is 2. The van der Waals surface area contributed by atoms with Crippen molar-refractivity contribution < 1.29 is 9.90 Å². The maximum atomic E-state index is 10.4. The number of hydrogen-bond donors (Lipinski definition) is 3. The van der Waals surface area contributed by atoms with Gasteiger partial charge in [0, 0.05) is 11.4 Å². The third-order valence-corrected chi connectivity index (χ3v) is 2.03. The minimum absolute atomic E-state index is 0.517. The maximum absolute atomic E-state index is 10.4. The summed E-state index contributed by atoms with van der Waals surface area (Å²) in [5.41, 5.74) is 2.70. The van der Waals surface area contributed by atoms with Gasteiger partial charge in [0.05, 0.1) is 6.54 Å². The Labute approximate surface area is 81.3 Å². The van der Waals surface area contributed by atoms with Crippen LogP contribution in [0.4, 0.5) is 10.5 Å². The number of amides is 1. The van der Waals surface area contributed by atoms with Gasteiger partial charge in [-0.05, 0) is 17.7 Å². The van der Waals surface area contributed by atoms with Gasteiger partial charge in [-0.2, -0.15) is 0 Å². The number of fused-ring (bicyclic) bond motifs is 1. The van der Waals surface area contributed by atoms with E-state index in [4.69, 9.17) is 5.11 Å². The zero-order valence-electron chi connectivity index (χ0n) is 7.45. The number of benzene rings is 1. The lowest BCUT2D eigenvalue weighted by Crippen LogP contribution is -2.26. The SMILES string of the molecule is O=C(O)NC1=Cc2ccccc2NC1. The minimum Gasteiger partial charge on any atom is -0.465 e. The summed E-state index contributed by atoms with van der Waals surface area (Å²) >= 11 is 0. The predicted molar refractivity (Wildman–Crippen MR) is 54.1 cm³/mol. The van der Waals surface area contributed by atoms with Gasteiger partial charge in [-0.3, -0.25) is 5.32 Å². The van der Waals surface area contributed by atoms with Gasteiger partial charge in [0.15, 0.2) is 0 Å². The van der Waals surface area contributed by atoms with E-state index in [2.05, 4.69) is 10.6 Å². The smallest absolute Gasteiger partial charge is 0.408 e. The second-order valence-electron chi connectivity index (χ2n) is 3.04. The van der Waals surface area contributed by atoms with E-state index in [9.17, 15) is 4.79 Å². The van der Waals surface area contributed by atoms with Crippen LogP contribution in [0.3, 0.4) is 0 Å². The van der Waals surface area contributed by atoms with Crippen molar-refractivity contribution in [1.82, 2.24) is 5.32 Å². The second kappa shape index (κ2) is 3.41. The third-order valence-electron chi connectivity index (χ3n) is 2.03. The molecule has 0 saturated carbocycles. The van der Waals surface area contributed by atoms with E-state index in [1.165, 1.54) is 0 Å². The van der Waals surface area contributed by atoms with Gasteiger partial charge in [0.1, 0.15) is 0 Å². The van der Waals surface area contributed by atoms with E-state index in [1.54, 1.807) is 0 Å². The second-order valence-corrected chi connectivity index (χ2v) is 3.04. The lowest BCUT2D eigenvalue weighted by Gasteiger charge is -2.17. The van der Waals surface area contributed by atoms with E-state index in [0.717, 1.165) is 11.3 Å². The molecule has 3 N–H and O–H groups in total. The van der Waals surface area contributed by atoms with Gasteiger partial charge < -0.3 is 10.4 Å². The molecule has 14 heavy (non-hydrogen) atoms. The Morgan fingerprint density at radius 3 is 3.00 bits per heavy atom. The summed E-state index contributed by atoms with van der Waals surface area (Å²) in [5.74, 6) is 0. The Kier molecular flexibility index (Phi) is 2.10. The van der Waals surface area contributed by atoms with Gasteiger partial charge >= 0.3 is 6.09 Å². The minimum atomic E-state index is -1.03. The molecule has 4 heteroatoms. The van der Waals surface area contributed by atoms with Crippen LogP contribution in [0.5, 0.6) is 0 Å². The highest BCUT2D eigenvalue weighted by Crippen LogP contribution is 2.21. The van der Waals surface area contributed by atoms with Crippen LogP contribution in [0.1, 0.15) is 5.56 Å². The number of para-hydroxylation sites is 1. The summed E-state index contributed by atoms with van der Waals surface area (Å²) < 4.78 is 0. The Bertz CT molecular complexity index is 399. The van der Waals surface area contributed by atoms with E-state index >= 15 is 0 Å². The van der Waals surface area contributed by atoms with Crippen molar-refractivity contribution in [2.75, 3.05) is 11.9 Å². The number of anilines is 1. The lowest BCUT2D eigenvalue weighted by atomic mass is 10.1. The zero-order valence-corrected chi connectivity index (χ0v) is 7.45. The molecule has 0 radical (unpaired) electrons. The highest BCUT2D eigenvalue weighted by atomic mass is 16.4. The van der Waals surface area contributed by atoms with Crippen molar-refractivity contribution in [1.29, 1.82) is 0 Å². The largest absolute Gasteiger partial charge is 0.465 e. The molecule has 0 bridgehead atoms. The fourth-order valence-corrected chi connectivity index (χ4v) is 1.43. The fourth-order valence-electron chi connectivity index (χ4n) is 1.43. The lowest BCUT2D eigenvalue weighted by molar-refractivity contribution is 0.197. The van der Waals surface area contributed by atoms with Crippen molar-refractivity contribution in [3.05, 3.63) is 35.5 Å². The first-order chi connectivity index (χ1) is 6.75. The first kappa shape index (κ1) is 8.62. The van der Waals surface area contributed by atoms with Crippen LogP contribution in [0.25, 0.3) is 6.08 Å². The number of carbonyl (C=O) groups is 1. The average Bonchev–Trinajstić information content (AvgIpc) is 2.17. The van der Waals surface area contributed by atoms with E-state index in [0.29, 0.717) is 12.2 Å². The molecule has 1 aliphatic heterocycles. The van der Waals surface area contributed by atoms with Crippen LogP contribution in [0, 0.1) is 0 Å². The summed E-state index contributed by atoms with van der Waals surface area (Å²) in [7, 11) is 0. The standard InChI is InChI=1S/C10H10N2O2/c13-10(14)12-8-5-7-3-1-2-4-9(7)11-6-8/h1-5,11-12H,6H2,(H,13,14). The number of carboxylic acid groups (broad SMARTS) is 1. The first-order valence-corrected chi connectivity index (χ1v) is 4.29. The molecule has 0 spiro atoms. The molecular weight excluding hydrogens is 180 g/mol. The van der Waals surface area contributed by atoms with Gasteiger partial charge in [-0.1, -0.05) is 18.2 Å². The van der Waals surface area contributed by atoms with E-state index in [-0.39, 0.29) is 0 Å². The van der Waals surface area contributed by atoms with Crippen molar-refractivity contribution in [3.8, 4) is 0 Å². The molecular formula is C10H10N2O2. The summed E-state index contributed by atoms with van der Waals surface area (Å²) in [6, 6.07) is 7.75. The molecule has 2 rings (SSSR count). The number of hydrogen-bond acceptors (Lipinski definition) is 2. The van der Waals surface area contributed by atoms with Gasteiger partial charge in [0.25, 0.3) is 0 Å². The van der Waals surface area contributed by atoms with E-state index in [1.807, 2.05) is 30.3 Å². The maximum Gasteiger partial charge on any atom is 0.408 e. The Morgan fingerprint density at radius 1 is 1.43 bits per heavy atom. The van der Waals surface area contributed by atoms with Crippen LogP contribution in [-0.4, -0.2) is 17.7 Å². The van der Waals surface area contributed by atoms with Crippen LogP contribution >= 0.6 is 0 Å². The predicted octanol–water partition coefficient (Wildman–Crippen LogP) is 1.72. The molecule has 0 aliphatic carbocycles. The monoisotopic (exact) mass is 190 g/mol. The van der Waals surface area contributed by atoms with Gasteiger partial charge in [0.2, 0.25) is 0 Å². The Hall–Kier alpha value is -1.97. The average molecular weight is 190 g/mol. The first-order valence-electron chi connectivity index (χ1n) is 4.29. The molecule has 1 heterocycles. The van der Waals surface area contributed by atoms with Crippen LogP contribution in [0.15, 0.2) is 30.0 Å². The molecule has 1 aromatic rings. The molecule has 0 atom stereocenters.